The summed E-state index contributed by atoms with van der Waals surface area (Å²) in [7, 11) is 0. The molecule has 4 nitrogen and oxygen atoms in total. The molecule has 1 rings (SSSR count). The van der Waals surface area contributed by atoms with Crippen LogP contribution in [0.2, 0.25) is 0 Å². The zero-order chi connectivity index (χ0) is 11.6. The van der Waals surface area contributed by atoms with Crippen molar-refractivity contribution < 1.29 is 18.0 Å². The Kier molecular flexibility index (Phi) is 3.28. The molecular weight excluding hydrogens is 231 g/mol. The number of nitrogens with two attached hydrogens (primary N) is 1. The maximum atomic E-state index is 12.1. The average Bonchev–Trinajstić information content (AvgIpc) is 2.45. The van der Waals surface area contributed by atoms with Crippen molar-refractivity contribution in [3.8, 4) is 0 Å². The van der Waals surface area contributed by atoms with Crippen molar-refractivity contribution in [2.24, 2.45) is 0 Å². The van der Waals surface area contributed by atoms with Crippen LogP contribution in [0.1, 0.15) is 23.8 Å². The number of ketones is 1. The first-order chi connectivity index (χ1) is 6.85. The molecule has 0 amide bonds. The van der Waals surface area contributed by atoms with E-state index in [4.69, 9.17) is 5.73 Å². The highest BCUT2D eigenvalue weighted by Gasteiger charge is 2.33. The Morgan fingerprint density at radius 3 is 2.67 bits per heavy atom. The molecule has 0 spiro atoms. The SMILES string of the molecule is CCC(=O)c1[nH]nc(N)c1SC(F)(F)F. The molecule has 0 radical (unpaired) electrons. The highest BCUT2D eigenvalue weighted by Crippen LogP contribution is 2.40. The van der Waals surface area contributed by atoms with E-state index in [1.54, 1.807) is 6.92 Å². The van der Waals surface area contributed by atoms with E-state index in [0.29, 0.717) is 0 Å². The summed E-state index contributed by atoms with van der Waals surface area (Å²) in [5, 5.41) is 5.58. The summed E-state index contributed by atoms with van der Waals surface area (Å²) >= 11 is -0.435. The molecule has 0 aromatic carbocycles. The minimum absolute atomic E-state index is 0.0903. The van der Waals surface area contributed by atoms with Crippen LogP contribution in [0.4, 0.5) is 19.0 Å². The van der Waals surface area contributed by atoms with Crippen molar-refractivity contribution in [1.29, 1.82) is 0 Å². The van der Waals surface area contributed by atoms with Gasteiger partial charge in [-0.25, -0.2) is 0 Å². The first kappa shape index (κ1) is 11.9. The number of H-pyrrole nitrogens is 1. The molecule has 15 heavy (non-hydrogen) atoms. The molecule has 1 heterocycles. The molecule has 0 aliphatic heterocycles. The van der Waals surface area contributed by atoms with E-state index in [2.05, 4.69) is 10.2 Å². The standard InChI is InChI=1S/C7H8F3N3OS/c1-2-3(14)4-5(6(11)13-12-4)15-7(8,9)10/h2H2,1H3,(H3,11,12,13). The zero-order valence-electron chi connectivity index (χ0n) is 7.68. The van der Waals surface area contributed by atoms with Crippen LogP contribution in [0.15, 0.2) is 4.90 Å². The molecule has 84 valence electrons. The fraction of sp³-hybridized carbons (Fsp3) is 0.429. The van der Waals surface area contributed by atoms with E-state index in [0.717, 1.165) is 0 Å². The predicted octanol–water partition coefficient (Wildman–Crippen LogP) is 2.20. The molecular formula is C7H8F3N3OS. The van der Waals surface area contributed by atoms with Crippen LogP contribution in [0.3, 0.4) is 0 Å². The van der Waals surface area contributed by atoms with Gasteiger partial charge in [0.2, 0.25) is 0 Å². The third-order valence-corrected chi connectivity index (χ3v) is 2.41. The quantitative estimate of drug-likeness (QED) is 0.626. The van der Waals surface area contributed by atoms with Crippen molar-refractivity contribution in [1.82, 2.24) is 10.2 Å². The van der Waals surface area contributed by atoms with Gasteiger partial charge in [-0.1, -0.05) is 6.92 Å². The fourth-order valence-electron chi connectivity index (χ4n) is 0.931. The number of nitrogens with one attached hydrogen (secondary N) is 1. The molecule has 0 aliphatic rings. The lowest BCUT2D eigenvalue weighted by Gasteiger charge is -2.05. The Morgan fingerprint density at radius 2 is 2.20 bits per heavy atom. The minimum Gasteiger partial charge on any atom is -0.381 e. The molecule has 0 unspecified atom stereocenters. The van der Waals surface area contributed by atoms with E-state index >= 15 is 0 Å². The van der Waals surface area contributed by atoms with Crippen molar-refractivity contribution in [3.05, 3.63) is 5.69 Å². The van der Waals surface area contributed by atoms with Crippen molar-refractivity contribution in [2.75, 3.05) is 5.73 Å². The van der Waals surface area contributed by atoms with Crippen LogP contribution < -0.4 is 5.73 Å². The number of anilines is 1. The number of rotatable bonds is 3. The van der Waals surface area contributed by atoms with Crippen molar-refractivity contribution in [3.63, 3.8) is 0 Å². The second-order valence-electron chi connectivity index (χ2n) is 2.64. The molecule has 0 fully saturated rings. The van der Waals surface area contributed by atoms with Crippen molar-refractivity contribution >= 4 is 23.4 Å². The Labute approximate surface area is 87.4 Å². The molecule has 3 N–H and O–H groups in total. The van der Waals surface area contributed by atoms with Crippen LogP contribution in [0.25, 0.3) is 0 Å². The molecule has 0 atom stereocenters. The molecule has 1 aromatic rings. The van der Waals surface area contributed by atoms with Gasteiger partial charge in [0.25, 0.3) is 0 Å². The highest BCUT2D eigenvalue weighted by atomic mass is 32.2. The average molecular weight is 239 g/mol. The van der Waals surface area contributed by atoms with Gasteiger partial charge in [-0.3, -0.25) is 9.89 Å². The number of halogens is 3. The summed E-state index contributed by atoms with van der Waals surface area (Å²) in [6.45, 7) is 1.54. The molecule has 1 aromatic heterocycles. The van der Waals surface area contributed by atoms with Crippen molar-refractivity contribution in [2.45, 2.75) is 23.7 Å². The molecule has 0 bridgehead atoms. The second kappa shape index (κ2) is 4.13. The molecule has 8 heteroatoms. The van der Waals surface area contributed by atoms with Gasteiger partial charge < -0.3 is 5.73 Å². The number of carbonyl (C=O) groups excluding carboxylic acids is 1. The maximum Gasteiger partial charge on any atom is 0.446 e. The Morgan fingerprint density at radius 1 is 1.60 bits per heavy atom. The number of alkyl halides is 3. The number of thioether (sulfide) groups is 1. The monoisotopic (exact) mass is 239 g/mol. The number of nitrogens with zero attached hydrogens (tertiary/aromatic N) is 1. The molecule has 0 aliphatic carbocycles. The summed E-state index contributed by atoms with van der Waals surface area (Å²) < 4.78 is 36.3. The zero-order valence-corrected chi connectivity index (χ0v) is 8.50. The topological polar surface area (TPSA) is 71.8 Å². The third-order valence-electron chi connectivity index (χ3n) is 1.57. The third kappa shape index (κ3) is 2.88. The number of aromatic nitrogens is 2. The maximum absolute atomic E-state index is 12.1. The lowest BCUT2D eigenvalue weighted by atomic mass is 10.2. The molecule has 0 saturated carbocycles. The van der Waals surface area contributed by atoms with E-state index < -0.39 is 23.1 Å². The number of aromatic amines is 1. The van der Waals surface area contributed by atoms with Gasteiger partial charge in [0, 0.05) is 6.42 Å². The second-order valence-corrected chi connectivity index (χ2v) is 3.71. The van der Waals surface area contributed by atoms with Gasteiger partial charge in [-0.15, -0.1) is 0 Å². The number of hydrogen-bond acceptors (Lipinski definition) is 4. The number of carbonyl (C=O) groups is 1. The Bertz CT molecular complexity index is 374. The van der Waals surface area contributed by atoms with Gasteiger partial charge in [0.1, 0.15) is 5.69 Å². The van der Waals surface area contributed by atoms with Gasteiger partial charge in [-0.05, 0) is 11.8 Å². The number of nitrogen functional groups attached to an aromatic ring is 1. The van der Waals surface area contributed by atoms with E-state index in [1.165, 1.54) is 0 Å². The predicted molar refractivity (Wildman–Crippen MR) is 49.5 cm³/mol. The van der Waals surface area contributed by atoms with Gasteiger partial charge >= 0.3 is 5.51 Å². The van der Waals surface area contributed by atoms with Gasteiger partial charge in [-0.2, -0.15) is 18.3 Å². The smallest absolute Gasteiger partial charge is 0.381 e. The Hall–Kier alpha value is -1.18. The lowest BCUT2D eigenvalue weighted by Crippen LogP contribution is -2.05. The van der Waals surface area contributed by atoms with Crippen LogP contribution in [0.5, 0.6) is 0 Å². The first-order valence-corrected chi connectivity index (χ1v) is 4.79. The fourth-order valence-corrected chi connectivity index (χ4v) is 1.57. The summed E-state index contributed by atoms with van der Waals surface area (Å²) in [6.07, 6.45) is 0.0903. The van der Waals surface area contributed by atoms with Crippen LogP contribution in [-0.4, -0.2) is 21.5 Å². The summed E-state index contributed by atoms with van der Waals surface area (Å²) in [5.74, 6) is -0.764. The summed E-state index contributed by atoms with van der Waals surface area (Å²) in [4.78, 5) is 10.9. The number of hydrogen-bond donors (Lipinski definition) is 2. The minimum atomic E-state index is -4.49. The van der Waals surface area contributed by atoms with E-state index in [-0.39, 0.29) is 22.8 Å². The van der Waals surface area contributed by atoms with Crippen LogP contribution in [0, 0.1) is 0 Å². The normalized spacial score (nSPS) is 11.7. The summed E-state index contributed by atoms with van der Waals surface area (Å²) in [5.41, 5.74) is 0.557. The largest absolute Gasteiger partial charge is 0.446 e. The van der Waals surface area contributed by atoms with E-state index in [1.807, 2.05) is 0 Å². The van der Waals surface area contributed by atoms with Crippen LogP contribution in [-0.2, 0) is 0 Å². The van der Waals surface area contributed by atoms with Crippen LogP contribution >= 0.6 is 11.8 Å². The molecule has 0 saturated heterocycles. The van der Waals surface area contributed by atoms with E-state index in [9.17, 15) is 18.0 Å². The van der Waals surface area contributed by atoms with Gasteiger partial charge in [0.05, 0.1) is 4.90 Å². The van der Waals surface area contributed by atoms with Gasteiger partial charge in [0.15, 0.2) is 11.6 Å². The first-order valence-electron chi connectivity index (χ1n) is 3.98. The Balaban J connectivity index is 3.05. The summed E-state index contributed by atoms with van der Waals surface area (Å²) in [6, 6.07) is 0. The lowest BCUT2D eigenvalue weighted by molar-refractivity contribution is -0.0328. The highest BCUT2D eigenvalue weighted by molar-refractivity contribution is 8.00. The number of Topliss-reactive ketones (excluding diaryl/α,β-unsaturated/α-hetero) is 1.